The van der Waals surface area contributed by atoms with Crippen molar-refractivity contribution in [2.24, 2.45) is 0 Å². The van der Waals surface area contributed by atoms with Gasteiger partial charge in [0.25, 0.3) is 0 Å². The third kappa shape index (κ3) is 4.45. The number of aryl methyl sites for hydroxylation is 1. The number of carbonyl (C=O) groups is 1. The fourth-order valence-electron chi connectivity index (χ4n) is 4.38. The number of hydrogen-bond donors (Lipinski definition) is 1. The summed E-state index contributed by atoms with van der Waals surface area (Å²) in [6.07, 6.45) is 4.63. The van der Waals surface area contributed by atoms with E-state index in [1.54, 1.807) is 12.1 Å². The van der Waals surface area contributed by atoms with E-state index in [1.807, 2.05) is 12.1 Å². The van der Waals surface area contributed by atoms with Crippen LogP contribution in [-0.2, 0) is 11.3 Å². The zero-order chi connectivity index (χ0) is 22.1. The number of carbonyl (C=O) groups excluding carboxylic acids is 1. The number of rotatable bonds is 7. The second-order valence-corrected chi connectivity index (χ2v) is 8.87. The monoisotopic (exact) mass is 426 g/mol. The molecule has 1 amide bonds. The molecule has 32 heavy (non-hydrogen) atoms. The first-order chi connectivity index (χ1) is 15.6. The fourth-order valence-corrected chi connectivity index (χ4v) is 4.38. The number of para-hydroxylation sites is 1. The molecule has 5 rings (SSSR count). The molecule has 0 saturated heterocycles. The van der Waals surface area contributed by atoms with E-state index in [9.17, 15) is 9.18 Å². The van der Waals surface area contributed by atoms with Gasteiger partial charge in [-0.15, -0.1) is 0 Å². The average Bonchev–Trinajstić information content (AvgIpc) is 3.54. The molecule has 1 aliphatic rings. The molecule has 0 bridgehead atoms. The van der Waals surface area contributed by atoms with Crippen LogP contribution < -0.4 is 5.32 Å². The summed E-state index contributed by atoms with van der Waals surface area (Å²) in [6, 6.07) is 23.8. The van der Waals surface area contributed by atoms with Crippen LogP contribution in [0.1, 0.15) is 47.4 Å². The molecular weight excluding hydrogens is 399 g/mol. The van der Waals surface area contributed by atoms with Crippen molar-refractivity contribution in [2.45, 2.75) is 44.7 Å². The number of amides is 1. The van der Waals surface area contributed by atoms with Crippen molar-refractivity contribution in [3.05, 3.63) is 107 Å². The van der Waals surface area contributed by atoms with Crippen molar-refractivity contribution >= 4 is 16.8 Å². The van der Waals surface area contributed by atoms with E-state index in [1.165, 1.54) is 23.3 Å². The van der Waals surface area contributed by atoms with E-state index < -0.39 is 0 Å². The van der Waals surface area contributed by atoms with Crippen LogP contribution in [0.15, 0.2) is 79.0 Å². The third-order valence-electron chi connectivity index (χ3n) is 6.27. The molecule has 1 heterocycles. The van der Waals surface area contributed by atoms with Crippen molar-refractivity contribution in [3.63, 3.8) is 0 Å². The van der Waals surface area contributed by atoms with Gasteiger partial charge in [0.15, 0.2) is 0 Å². The number of fused-ring (bicyclic) bond motifs is 1. The first-order valence-corrected chi connectivity index (χ1v) is 11.2. The van der Waals surface area contributed by atoms with Crippen molar-refractivity contribution in [3.8, 4) is 0 Å². The lowest BCUT2D eigenvalue weighted by atomic mass is 9.88. The van der Waals surface area contributed by atoms with Crippen LogP contribution in [0.2, 0.25) is 0 Å². The standard InChI is InChI=1S/C28H27FN2O/c1-19-6-8-20(9-7-19)17-31-18-26(24-4-2-3-5-27(24)31)25(16-28(32)30-23-14-15-23)21-10-12-22(29)13-11-21/h2-13,18,23,25H,14-17H2,1H3,(H,30,32). The Morgan fingerprint density at radius 2 is 1.75 bits per heavy atom. The zero-order valence-corrected chi connectivity index (χ0v) is 18.2. The molecule has 1 fully saturated rings. The molecule has 4 aromatic rings. The maximum absolute atomic E-state index is 13.6. The second-order valence-electron chi connectivity index (χ2n) is 8.87. The van der Waals surface area contributed by atoms with Crippen LogP contribution in [0.25, 0.3) is 10.9 Å². The Hall–Kier alpha value is -3.40. The maximum Gasteiger partial charge on any atom is 0.221 e. The normalized spacial score (nSPS) is 14.4. The van der Waals surface area contributed by atoms with Gasteiger partial charge in [-0.1, -0.05) is 60.2 Å². The lowest BCUT2D eigenvalue weighted by Gasteiger charge is -2.17. The molecular formula is C28H27FN2O. The minimum Gasteiger partial charge on any atom is -0.353 e. The van der Waals surface area contributed by atoms with Gasteiger partial charge in [-0.25, -0.2) is 4.39 Å². The van der Waals surface area contributed by atoms with Gasteiger partial charge in [0.05, 0.1) is 0 Å². The summed E-state index contributed by atoms with van der Waals surface area (Å²) in [4.78, 5) is 12.8. The van der Waals surface area contributed by atoms with E-state index >= 15 is 0 Å². The fraction of sp³-hybridized carbons (Fsp3) is 0.250. The summed E-state index contributed by atoms with van der Waals surface area (Å²) in [7, 11) is 0. The van der Waals surface area contributed by atoms with Gasteiger partial charge in [0.2, 0.25) is 5.91 Å². The highest BCUT2D eigenvalue weighted by Gasteiger charge is 2.27. The Morgan fingerprint density at radius 3 is 2.47 bits per heavy atom. The Labute approximate surface area is 187 Å². The van der Waals surface area contributed by atoms with Crippen molar-refractivity contribution in [2.75, 3.05) is 0 Å². The highest BCUT2D eigenvalue weighted by Crippen LogP contribution is 2.35. The SMILES string of the molecule is Cc1ccc(Cn2cc(C(CC(=O)NC3CC3)c3ccc(F)cc3)c3ccccc32)cc1. The summed E-state index contributed by atoms with van der Waals surface area (Å²) >= 11 is 0. The van der Waals surface area contributed by atoms with Crippen LogP contribution in [-0.4, -0.2) is 16.5 Å². The maximum atomic E-state index is 13.6. The van der Waals surface area contributed by atoms with Crippen LogP contribution in [0, 0.1) is 12.7 Å². The minimum atomic E-state index is -0.267. The molecule has 1 saturated carbocycles. The quantitative estimate of drug-likeness (QED) is 0.390. The van der Waals surface area contributed by atoms with Gasteiger partial charge >= 0.3 is 0 Å². The summed E-state index contributed by atoms with van der Waals surface area (Å²) in [5.41, 5.74) is 5.66. The number of nitrogens with one attached hydrogen (secondary N) is 1. The molecule has 3 nitrogen and oxygen atoms in total. The number of nitrogens with zero attached hydrogens (tertiary/aromatic N) is 1. The smallest absolute Gasteiger partial charge is 0.221 e. The highest BCUT2D eigenvalue weighted by molar-refractivity contribution is 5.87. The van der Waals surface area contributed by atoms with E-state index in [-0.39, 0.29) is 17.6 Å². The molecule has 162 valence electrons. The van der Waals surface area contributed by atoms with Crippen LogP contribution in [0.5, 0.6) is 0 Å². The third-order valence-corrected chi connectivity index (χ3v) is 6.27. The first kappa shape index (κ1) is 20.5. The Kier molecular flexibility index (Phi) is 5.52. The van der Waals surface area contributed by atoms with Gasteiger partial charge < -0.3 is 9.88 Å². The van der Waals surface area contributed by atoms with Gasteiger partial charge in [-0.05, 0) is 54.7 Å². The number of aromatic nitrogens is 1. The predicted molar refractivity (Wildman–Crippen MR) is 126 cm³/mol. The van der Waals surface area contributed by atoms with Gasteiger partial charge in [-0.2, -0.15) is 0 Å². The van der Waals surface area contributed by atoms with Crippen molar-refractivity contribution in [1.82, 2.24) is 9.88 Å². The van der Waals surface area contributed by atoms with E-state index in [4.69, 9.17) is 0 Å². The molecule has 4 heteroatoms. The van der Waals surface area contributed by atoms with Gasteiger partial charge in [0, 0.05) is 42.0 Å². The lowest BCUT2D eigenvalue weighted by molar-refractivity contribution is -0.121. The number of halogens is 1. The Bertz CT molecular complexity index is 1240. The Balaban J connectivity index is 1.55. The zero-order valence-electron chi connectivity index (χ0n) is 18.2. The molecule has 0 radical (unpaired) electrons. The summed E-state index contributed by atoms with van der Waals surface area (Å²) in [6.45, 7) is 2.85. The molecule has 1 atom stereocenters. The number of hydrogen-bond acceptors (Lipinski definition) is 1. The average molecular weight is 427 g/mol. The molecule has 0 aliphatic heterocycles. The lowest BCUT2D eigenvalue weighted by Crippen LogP contribution is -2.27. The molecule has 3 aromatic carbocycles. The van der Waals surface area contributed by atoms with Crippen LogP contribution in [0.3, 0.4) is 0 Å². The van der Waals surface area contributed by atoms with E-state index in [0.717, 1.165) is 41.4 Å². The van der Waals surface area contributed by atoms with E-state index in [2.05, 4.69) is 59.4 Å². The Morgan fingerprint density at radius 1 is 1.03 bits per heavy atom. The predicted octanol–water partition coefficient (Wildman–Crippen LogP) is 5.94. The largest absolute Gasteiger partial charge is 0.353 e. The van der Waals surface area contributed by atoms with Crippen molar-refractivity contribution in [1.29, 1.82) is 0 Å². The molecule has 0 spiro atoms. The minimum absolute atomic E-state index is 0.0530. The topological polar surface area (TPSA) is 34.0 Å². The second kappa shape index (κ2) is 8.62. The van der Waals surface area contributed by atoms with E-state index in [0.29, 0.717) is 12.5 Å². The van der Waals surface area contributed by atoms with Crippen LogP contribution in [0.4, 0.5) is 4.39 Å². The molecule has 1 aromatic heterocycles. The summed E-state index contributed by atoms with van der Waals surface area (Å²) in [5.74, 6) is -0.354. The first-order valence-electron chi connectivity index (χ1n) is 11.2. The molecule has 1 unspecified atom stereocenters. The molecule has 1 aliphatic carbocycles. The van der Waals surface area contributed by atoms with Gasteiger partial charge in [-0.3, -0.25) is 4.79 Å². The number of benzene rings is 3. The summed E-state index contributed by atoms with van der Waals surface area (Å²) in [5, 5.41) is 4.25. The highest BCUT2D eigenvalue weighted by atomic mass is 19.1. The van der Waals surface area contributed by atoms with Crippen molar-refractivity contribution < 1.29 is 9.18 Å². The van der Waals surface area contributed by atoms with Crippen LogP contribution >= 0.6 is 0 Å². The summed E-state index contributed by atoms with van der Waals surface area (Å²) < 4.78 is 15.9. The van der Waals surface area contributed by atoms with Gasteiger partial charge in [0.1, 0.15) is 5.82 Å². The molecule has 1 N–H and O–H groups in total.